The molecule has 0 spiro atoms. The number of carbonyl (C=O) groups excluding carboxylic acids is 3. The summed E-state index contributed by atoms with van der Waals surface area (Å²) in [5.74, 6) is -0.463. The first-order valence-corrected chi connectivity index (χ1v) is 10.4. The quantitative estimate of drug-likeness (QED) is 0.566. The molecule has 2 aromatic rings. The summed E-state index contributed by atoms with van der Waals surface area (Å²) >= 11 is 0.966. The number of rotatable bonds is 10. The highest BCUT2D eigenvalue weighted by Crippen LogP contribution is 2.34. The molecule has 0 fully saturated rings. The van der Waals surface area contributed by atoms with Gasteiger partial charge in [0.15, 0.2) is 6.61 Å². The van der Waals surface area contributed by atoms with E-state index in [9.17, 15) is 14.4 Å². The van der Waals surface area contributed by atoms with Crippen molar-refractivity contribution in [3.05, 3.63) is 40.3 Å². The van der Waals surface area contributed by atoms with Crippen molar-refractivity contribution >= 4 is 34.2 Å². The van der Waals surface area contributed by atoms with Crippen molar-refractivity contribution in [2.24, 2.45) is 0 Å². The lowest BCUT2D eigenvalue weighted by Crippen LogP contribution is -2.21. The minimum atomic E-state index is -0.621. The Labute approximate surface area is 179 Å². The molecule has 0 aliphatic heterocycles. The van der Waals surface area contributed by atoms with E-state index in [4.69, 9.17) is 18.9 Å². The van der Waals surface area contributed by atoms with Crippen LogP contribution in [0.3, 0.4) is 0 Å². The molecule has 1 N–H and O–H groups in total. The molecule has 1 aromatic carbocycles. The van der Waals surface area contributed by atoms with Crippen LogP contribution in [-0.2, 0) is 14.3 Å². The van der Waals surface area contributed by atoms with E-state index in [0.717, 1.165) is 11.3 Å². The predicted molar refractivity (Wildman–Crippen MR) is 113 cm³/mol. The summed E-state index contributed by atoms with van der Waals surface area (Å²) in [6.45, 7) is 7.50. The van der Waals surface area contributed by atoms with Crippen molar-refractivity contribution in [2.45, 2.75) is 27.7 Å². The maximum Gasteiger partial charge on any atom is 0.348 e. The number of benzene rings is 1. The fourth-order valence-electron chi connectivity index (χ4n) is 2.55. The van der Waals surface area contributed by atoms with Crippen molar-refractivity contribution in [2.75, 3.05) is 31.7 Å². The molecule has 30 heavy (non-hydrogen) atoms. The number of ether oxygens (including phenoxy) is 4. The second-order valence-corrected chi connectivity index (χ2v) is 6.96. The molecule has 0 unspecified atom stereocenters. The number of hydrogen-bond donors (Lipinski definition) is 1. The molecule has 0 atom stereocenters. The Balaban J connectivity index is 2.12. The van der Waals surface area contributed by atoms with Crippen molar-refractivity contribution in [3.8, 4) is 11.5 Å². The van der Waals surface area contributed by atoms with Gasteiger partial charge in [-0.1, -0.05) is 0 Å². The largest absolute Gasteiger partial charge is 0.494 e. The second kappa shape index (κ2) is 11.2. The summed E-state index contributed by atoms with van der Waals surface area (Å²) in [4.78, 5) is 37.2. The lowest BCUT2D eigenvalue weighted by atomic mass is 10.1. The van der Waals surface area contributed by atoms with Crippen LogP contribution in [0.5, 0.6) is 11.5 Å². The van der Waals surface area contributed by atoms with Crippen LogP contribution in [0, 0.1) is 6.92 Å². The van der Waals surface area contributed by atoms with Gasteiger partial charge < -0.3 is 24.3 Å². The van der Waals surface area contributed by atoms with Crippen molar-refractivity contribution in [1.82, 2.24) is 0 Å². The lowest BCUT2D eigenvalue weighted by Gasteiger charge is -2.09. The smallest absolute Gasteiger partial charge is 0.348 e. The summed E-state index contributed by atoms with van der Waals surface area (Å²) in [6.07, 6.45) is 0. The van der Waals surface area contributed by atoms with Gasteiger partial charge in [0, 0.05) is 0 Å². The Bertz CT molecular complexity index is 890. The topological polar surface area (TPSA) is 100 Å². The predicted octanol–water partition coefficient (Wildman–Crippen LogP) is 3.83. The number of anilines is 1. The molecule has 0 saturated heterocycles. The molecule has 1 heterocycles. The van der Waals surface area contributed by atoms with Gasteiger partial charge in [0.2, 0.25) is 0 Å². The standard InChI is InChI=1S/C21H25NO7S/c1-5-26-14-8-10-15(11-9-14)29-12-16(23)22-19-17(20(24)27-6-2)13(4)18(30-19)21(25)28-7-3/h8-11H,5-7,12H2,1-4H3,(H,22,23). The number of hydrogen-bond acceptors (Lipinski definition) is 8. The Kier molecular flexibility index (Phi) is 8.67. The van der Waals surface area contributed by atoms with E-state index in [1.807, 2.05) is 6.92 Å². The highest BCUT2D eigenvalue weighted by Gasteiger charge is 2.27. The van der Waals surface area contributed by atoms with Crippen LogP contribution in [0.2, 0.25) is 0 Å². The van der Waals surface area contributed by atoms with Crippen LogP contribution < -0.4 is 14.8 Å². The molecule has 0 radical (unpaired) electrons. The second-order valence-electron chi connectivity index (χ2n) is 5.94. The number of esters is 2. The van der Waals surface area contributed by atoms with Gasteiger partial charge in [-0.2, -0.15) is 0 Å². The summed E-state index contributed by atoms with van der Waals surface area (Å²) < 4.78 is 20.9. The maximum atomic E-state index is 12.4. The van der Waals surface area contributed by atoms with Gasteiger partial charge >= 0.3 is 11.9 Å². The van der Waals surface area contributed by atoms with Gasteiger partial charge in [-0.15, -0.1) is 11.3 Å². The third-order valence-corrected chi connectivity index (χ3v) is 5.03. The molecule has 8 nitrogen and oxygen atoms in total. The molecular formula is C21H25NO7S. The zero-order valence-electron chi connectivity index (χ0n) is 17.4. The zero-order valence-corrected chi connectivity index (χ0v) is 18.2. The van der Waals surface area contributed by atoms with Gasteiger partial charge in [-0.25, -0.2) is 9.59 Å². The molecule has 0 aliphatic carbocycles. The number of carbonyl (C=O) groups is 3. The van der Waals surface area contributed by atoms with Gasteiger partial charge in [-0.3, -0.25) is 4.79 Å². The summed E-state index contributed by atoms with van der Waals surface area (Å²) in [5, 5.41) is 2.85. The Hall–Kier alpha value is -3.07. The first-order valence-electron chi connectivity index (χ1n) is 9.54. The minimum Gasteiger partial charge on any atom is -0.494 e. The molecule has 9 heteroatoms. The molecule has 1 aromatic heterocycles. The maximum absolute atomic E-state index is 12.4. The lowest BCUT2D eigenvalue weighted by molar-refractivity contribution is -0.118. The fraction of sp³-hybridized carbons (Fsp3) is 0.381. The van der Waals surface area contributed by atoms with E-state index in [1.165, 1.54) is 0 Å². The van der Waals surface area contributed by atoms with Gasteiger partial charge in [-0.05, 0) is 57.5 Å². The van der Waals surface area contributed by atoms with E-state index in [1.54, 1.807) is 45.0 Å². The Morgan fingerprint density at radius 2 is 1.43 bits per heavy atom. The molecule has 0 aliphatic rings. The van der Waals surface area contributed by atoms with E-state index in [2.05, 4.69) is 5.32 Å². The van der Waals surface area contributed by atoms with Crippen molar-refractivity contribution < 1.29 is 33.3 Å². The third-order valence-electron chi connectivity index (χ3n) is 3.84. The highest BCUT2D eigenvalue weighted by atomic mass is 32.1. The van der Waals surface area contributed by atoms with Crippen LogP contribution >= 0.6 is 11.3 Å². The first-order chi connectivity index (χ1) is 14.4. The summed E-state index contributed by atoms with van der Waals surface area (Å²) in [7, 11) is 0. The average Bonchev–Trinajstić information content (AvgIpc) is 3.04. The van der Waals surface area contributed by atoms with Gasteiger partial charge in [0.1, 0.15) is 21.4 Å². The highest BCUT2D eigenvalue weighted by molar-refractivity contribution is 7.18. The number of nitrogens with one attached hydrogen (secondary N) is 1. The zero-order chi connectivity index (χ0) is 22.1. The SMILES string of the molecule is CCOC(=O)c1sc(NC(=O)COc2ccc(OCC)cc2)c(C(=O)OCC)c1C. The average molecular weight is 435 g/mol. The van der Waals surface area contributed by atoms with E-state index >= 15 is 0 Å². The van der Waals surface area contributed by atoms with E-state index < -0.39 is 17.8 Å². The molecule has 1 amide bonds. The van der Waals surface area contributed by atoms with Crippen LogP contribution in [-0.4, -0.2) is 44.3 Å². The molecule has 0 bridgehead atoms. The van der Waals surface area contributed by atoms with E-state index in [-0.39, 0.29) is 35.3 Å². The Morgan fingerprint density at radius 1 is 0.867 bits per heavy atom. The van der Waals surface area contributed by atoms with Crippen LogP contribution in [0.25, 0.3) is 0 Å². The van der Waals surface area contributed by atoms with Crippen molar-refractivity contribution in [1.29, 1.82) is 0 Å². The molecule has 162 valence electrons. The van der Waals surface area contributed by atoms with Crippen LogP contribution in [0.1, 0.15) is 46.4 Å². The van der Waals surface area contributed by atoms with Crippen LogP contribution in [0.4, 0.5) is 5.00 Å². The summed E-state index contributed by atoms with van der Waals surface area (Å²) in [5.41, 5.74) is 0.541. The van der Waals surface area contributed by atoms with Gasteiger partial charge in [0.05, 0.1) is 25.4 Å². The fourth-order valence-corrected chi connectivity index (χ4v) is 3.66. The van der Waals surface area contributed by atoms with Crippen LogP contribution in [0.15, 0.2) is 24.3 Å². The third kappa shape index (κ3) is 5.96. The van der Waals surface area contributed by atoms with Gasteiger partial charge in [0.25, 0.3) is 5.91 Å². The molecular weight excluding hydrogens is 410 g/mol. The Morgan fingerprint density at radius 3 is 2.00 bits per heavy atom. The monoisotopic (exact) mass is 435 g/mol. The van der Waals surface area contributed by atoms with Crippen molar-refractivity contribution in [3.63, 3.8) is 0 Å². The molecule has 0 saturated carbocycles. The molecule has 2 rings (SSSR count). The normalized spacial score (nSPS) is 10.3. The number of thiophene rings is 1. The first kappa shape index (κ1) is 23.2. The number of amides is 1. The minimum absolute atomic E-state index is 0.138. The summed E-state index contributed by atoms with van der Waals surface area (Å²) in [6, 6.07) is 6.86. The van der Waals surface area contributed by atoms with E-state index in [0.29, 0.717) is 23.7 Å².